The number of imide groups is 1. The maximum atomic E-state index is 13.7. The summed E-state index contributed by atoms with van der Waals surface area (Å²) in [6.45, 7) is 1.66. The van der Waals surface area contributed by atoms with Crippen LogP contribution in [0.25, 0.3) is 10.8 Å². The predicted molar refractivity (Wildman–Crippen MR) is 116 cm³/mol. The van der Waals surface area contributed by atoms with Crippen LogP contribution in [0.2, 0.25) is 5.02 Å². The van der Waals surface area contributed by atoms with Crippen LogP contribution < -0.4 is 4.90 Å². The summed E-state index contributed by atoms with van der Waals surface area (Å²) in [5, 5.41) is 6.94. The molecule has 3 atom stereocenters. The number of hydrogen-bond donors (Lipinski definition) is 0. The van der Waals surface area contributed by atoms with Crippen LogP contribution in [0.15, 0.2) is 66.7 Å². The molecule has 5 nitrogen and oxygen atoms in total. The molecule has 150 valence electrons. The highest BCUT2D eigenvalue weighted by molar-refractivity contribution is 6.30. The van der Waals surface area contributed by atoms with Gasteiger partial charge in [0.1, 0.15) is 6.04 Å². The van der Waals surface area contributed by atoms with Crippen LogP contribution in [0.5, 0.6) is 0 Å². The lowest BCUT2D eigenvalue weighted by atomic mass is 9.90. The fraction of sp³-hybridized carbons (Fsp3) is 0.250. The van der Waals surface area contributed by atoms with E-state index in [1.807, 2.05) is 66.7 Å². The van der Waals surface area contributed by atoms with Gasteiger partial charge in [0, 0.05) is 23.5 Å². The van der Waals surface area contributed by atoms with Gasteiger partial charge in [0.05, 0.1) is 17.6 Å². The van der Waals surface area contributed by atoms with Crippen LogP contribution in [-0.2, 0) is 9.59 Å². The molecule has 3 heterocycles. The average molecular weight is 418 g/mol. The van der Waals surface area contributed by atoms with Gasteiger partial charge in [-0.15, -0.1) is 0 Å². The molecule has 0 aromatic heterocycles. The second-order valence-corrected chi connectivity index (χ2v) is 8.59. The number of hydrazine groups is 1. The Kier molecular flexibility index (Phi) is 4.00. The number of carbonyl (C=O) groups is 2. The molecule has 0 N–H and O–H groups in total. The number of anilines is 1. The quantitative estimate of drug-likeness (QED) is 0.590. The lowest BCUT2D eigenvalue weighted by molar-refractivity contribution is -0.126. The third-order valence-corrected chi connectivity index (χ3v) is 6.88. The summed E-state index contributed by atoms with van der Waals surface area (Å²) in [7, 11) is 0. The summed E-state index contributed by atoms with van der Waals surface area (Å²) >= 11 is 6.10. The van der Waals surface area contributed by atoms with Crippen LogP contribution in [-0.4, -0.2) is 41.0 Å². The zero-order valence-corrected chi connectivity index (χ0v) is 17.0. The van der Waals surface area contributed by atoms with Crippen LogP contribution in [0.4, 0.5) is 5.69 Å². The molecule has 3 aromatic carbocycles. The van der Waals surface area contributed by atoms with Gasteiger partial charge in [0.25, 0.3) is 5.91 Å². The van der Waals surface area contributed by atoms with Gasteiger partial charge in [0.2, 0.25) is 5.91 Å². The van der Waals surface area contributed by atoms with Crippen molar-refractivity contribution in [3.63, 3.8) is 0 Å². The Balaban J connectivity index is 1.48. The number of nitrogens with zero attached hydrogens (tertiary/aromatic N) is 3. The first-order valence-corrected chi connectivity index (χ1v) is 10.7. The molecule has 0 unspecified atom stereocenters. The molecule has 3 aliphatic heterocycles. The number of carbonyl (C=O) groups excluding carboxylic acids is 2. The van der Waals surface area contributed by atoms with Crippen molar-refractivity contribution in [2.75, 3.05) is 18.0 Å². The molecule has 3 saturated heterocycles. The number of amides is 2. The minimum absolute atomic E-state index is 0.115. The zero-order valence-electron chi connectivity index (χ0n) is 16.2. The maximum Gasteiger partial charge on any atom is 0.253 e. The minimum atomic E-state index is -0.445. The van der Waals surface area contributed by atoms with Crippen molar-refractivity contribution in [1.29, 1.82) is 0 Å². The number of benzene rings is 3. The summed E-state index contributed by atoms with van der Waals surface area (Å²) < 4.78 is 0. The average Bonchev–Trinajstić information content (AvgIpc) is 3.41. The molecule has 0 saturated carbocycles. The van der Waals surface area contributed by atoms with Crippen molar-refractivity contribution in [2.24, 2.45) is 5.92 Å². The van der Waals surface area contributed by atoms with Crippen molar-refractivity contribution >= 4 is 39.9 Å². The van der Waals surface area contributed by atoms with E-state index in [9.17, 15) is 9.59 Å². The van der Waals surface area contributed by atoms with Crippen LogP contribution in [0.3, 0.4) is 0 Å². The van der Waals surface area contributed by atoms with E-state index < -0.39 is 12.0 Å². The van der Waals surface area contributed by atoms with Crippen LogP contribution in [0.1, 0.15) is 18.0 Å². The van der Waals surface area contributed by atoms with Crippen molar-refractivity contribution < 1.29 is 9.59 Å². The fourth-order valence-corrected chi connectivity index (χ4v) is 5.54. The van der Waals surface area contributed by atoms with Crippen LogP contribution in [0, 0.1) is 5.92 Å². The molecule has 0 spiro atoms. The van der Waals surface area contributed by atoms with Crippen molar-refractivity contribution in [2.45, 2.75) is 18.5 Å². The third kappa shape index (κ3) is 2.43. The zero-order chi connectivity index (χ0) is 20.4. The van der Waals surface area contributed by atoms with Crippen molar-refractivity contribution in [3.8, 4) is 0 Å². The van der Waals surface area contributed by atoms with E-state index in [4.69, 9.17) is 11.6 Å². The molecule has 3 aromatic rings. The van der Waals surface area contributed by atoms with Gasteiger partial charge >= 0.3 is 0 Å². The van der Waals surface area contributed by atoms with Crippen molar-refractivity contribution in [1.82, 2.24) is 10.0 Å². The molecule has 3 fully saturated rings. The van der Waals surface area contributed by atoms with E-state index in [1.165, 1.54) is 4.90 Å². The van der Waals surface area contributed by atoms with Gasteiger partial charge in [0.15, 0.2) is 0 Å². The first-order valence-electron chi connectivity index (χ1n) is 10.3. The number of fused-ring (bicyclic) bond motifs is 4. The Morgan fingerprint density at radius 1 is 0.767 bits per heavy atom. The highest BCUT2D eigenvalue weighted by Gasteiger charge is 2.62. The monoisotopic (exact) mass is 417 g/mol. The second-order valence-electron chi connectivity index (χ2n) is 8.16. The Morgan fingerprint density at radius 3 is 2.27 bits per heavy atom. The molecule has 0 radical (unpaired) electrons. The fourth-order valence-electron chi connectivity index (χ4n) is 5.41. The summed E-state index contributed by atoms with van der Waals surface area (Å²) in [4.78, 5) is 28.8. The number of hydrogen-bond acceptors (Lipinski definition) is 4. The number of rotatable bonds is 2. The normalized spacial score (nSPS) is 26.6. The van der Waals surface area contributed by atoms with E-state index >= 15 is 0 Å². The SMILES string of the molecule is O=C1[C@H]2[C@@H](c3ccc(Cl)cc3)N3CCCN3[C@H]2C(=O)N1c1cccc2ccccc12. The van der Waals surface area contributed by atoms with E-state index in [-0.39, 0.29) is 17.9 Å². The molecular formula is C24H20ClN3O2. The standard InChI is InChI=1S/C24H20ClN3O2/c25-17-11-9-16(10-12-17)21-20-22(27-14-4-13-26(21)27)24(30)28(23(20)29)19-8-3-6-15-5-1-2-7-18(15)19/h1-3,5-12,20-22H,4,13-14H2/t20-,21+,22+/m0/s1. The Hall–Kier alpha value is -2.73. The molecule has 6 heteroatoms. The highest BCUT2D eigenvalue weighted by Crippen LogP contribution is 2.49. The summed E-state index contributed by atoms with van der Waals surface area (Å²) in [5.41, 5.74) is 1.71. The van der Waals surface area contributed by atoms with Crippen molar-refractivity contribution in [3.05, 3.63) is 77.3 Å². The molecule has 6 rings (SSSR count). The maximum absolute atomic E-state index is 13.7. The largest absolute Gasteiger partial charge is 0.274 e. The van der Waals surface area contributed by atoms with Gasteiger partial charge < -0.3 is 0 Å². The highest BCUT2D eigenvalue weighted by atomic mass is 35.5. The third-order valence-electron chi connectivity index (χ3n) is 6.62. The second kappa shape index (κ2) is 6.64. The van der Waals surface area contributed by atoms with Crippen LogP contribution >= 0.6 is 11.6 Å². The summed E-state index contributed by atoms with van der Waals surface area (Å²) in [5.74, 6) is -0.654. The van der Waals surface area contributed by atoms with Gasteiger partial charge in [-0.05, 0) is 35.6 Å². The Morgan fingerprint density at radius 2 is 1.47 bits per heavy atom. The lowest BCUT2D eigenvalue weighted by Crippen LogP contribution is -2.44. The van der Waals surface area contributed by atoms with E-state index in [2.05, 4.69) is 10.0 Å². The smallest absolute Gasteiger partial charge is 0.253 e. The van der Waals surface area contributed by atoms with Gasteiger partial charge in [-0.3, -0.25) is 9.59 Å². The molecule has 0 bridgehead atoms. The first-order chi connectivity index (χ1) is 14.6. The van der Waals surface area contributed by atoms with E-state index in [0.717, 1.165) is 35.8 Å². The Labute approximate surface area is 179 Å². The van der Waals surface area contributed by atoms with Gasteiger partial charge in [-0.25, -0.2) is 14.9 Å². The van der Waals surface area contributed by atoms with E-state index in [0.29, 0.717) is 10.7 Å². The first kappa shape index (κ1) is 18.1. The Bertz CT molecular complexity index is 1170. The summed E-state index contributed by atoms with van der Waals surface area (Å²) in [6.07, 6.45) is 0.989. The van der Waals surface area contributed by atoms with Gasteiger partial charge in [-0.1, -0.05) is 60.1 Å². The van der Waals surface area contributed by atoms with E-state index in [1.54, 1.807) is 0 Å². The summed E-state index contributed by atoms with van der Waals surface area (Å²) in [6, 6.07) is 20.7. The number of halogens is 1. The lowest BCUT2D eigenvalue weighted by Gasteiger charge is -2.30. The molecule has 2 amide bonds. The predicted octanol–water partition coefficient (Wildman–Crippen LogP) is 4.03. The molecule has 3 aliphatic rings. The minimum Gasteiger partial charge on any atom is -0.274 e. The molecule has 0 aliphatic carbocycles. The molecule has 30 heavy (non-hydrogen) atoms. The topological polar surface area (TPSA) is 43.9 Å². The molecular weight excluding hydrogens is 398 g/mol. The van der Waals surface area contributed by atoms with Gasteiger partial charge in [-0.2, -0.15) is 0 Å².